The summed E-state index contributed by atoms with van der Waals surface area (Å²) >= 11 is 5.96. The van der Waals surface area contributed by atoms with E-state index in [1.54, 1.807) is 18.2 Å². The van der Waals surface area contributed by atoms with Crippen molar-refractivity contribution >= 4 is 47.1 Å². The number of rotatable bonds is 2. The minimum absolute atomic E-state index is 0. The molecule has 0 saturated heterocycles. The van der Waals surface area contributed by atoms with Gasteiger partial charge in [0.15, 0.2) is 5.82 Å². The van der Waals surface area contributed by atoms with Gasteiger partial charge in [0.1, 0.15) is 0 Å². The second kappa shape index (κ2) is 6.12. The fourth-order valence-electron chi connectivity index (χ4n) is 1.36. The Hall–Kier alpha value is -0.940. The van der Waals surface area contributed by atoms with Crippen molar-refractivity contribution in [2.75, 3.05) is 0 Å². The Morgan fingerprint density at radius 1 is 1.18 bits per heavy atom. The second-order valence-electron chi connectivity index (χ2n) is 3.04. The van der Waals surface area contributed by atoms with Gasteiger partial charge in [-0.25, -0.2) is 14.8 Å². The first-order valence-electron chi connectivity index (χ1n) is 4.49. The van der Waals surface area contributed by atoms with Crippen LogP contribution in [0.2, 0.25) is 5.02 Å². The monoisotopic (exact) mass is 258 g/mol. The number of aromatic nitrogens is 2. The molecule has 0 aliphatic heterocycles. The van der Waals surface area contributed by atoms with Crippen LogP contribution in [0.25, 0.3) is 11.4 Å². The van der Waals surface area contributed by atoms with Crippen LogP contribution in [0.15, 0.2) is 36.7 Å². The van der Waals surface area contributed by atoms with Gasteiger partial charge in [0.2, 0.25) is 0 Å². The molecule has 0 spiro atoms. The van der Waals surface area contributed by atoms with Crippen molar-refractivity contribution in [1.82, 2.24) is 9.97 Å². The molecule has 2 rings (SSSR count). The molecule has 1 aromatic heterocycles. The average molecular weight is 259 g/mol. The first kappa shape index (κ1) is 14.1. The molecule has 0 saturated carbocycles. The van der Waals surface area contributed by atoms with Gasteiger partial charge in [-0.15, -0.1) is 0 Å². The van der Waals surface area contributed by atoms with Crippen molar-refractivity contribution in [1.29, 1.82) is 0 Å². The molecule has 82 valence electrons. The molecule has 0 amide bonds. The van der Waals surface area contributed by atoms with Gasteiger partial charge < -0.3 is 5.11 Å². The predicted octanol–water partition coefficient (Wildman–Crippen LogP) is 1.85. The number of carboxylic acids is 1. The number of halogens is 1. The third-order valence-corrected chi connectivity index (χ3v) is 2.35. The van der Waals surface area contributed by atoms with Crippen LogP contribution < -0.4 is 0 Å². The number of hydrogen-bond donors (Lipinski definition) is 1. The number of carbonyl (C=O) groups is 1. The Bertz CT molecular complexity index is 534. The van der Waals surface area contributed by atoms with Crippen LogP contribution in [-0.4, -0.2) is 50.6 Å². The summed E-state index contributed by atoms with van der Waals surface area (Å²) in [6.07, 6.45) is 3.08. The summed E-state index contributed by atoms with van der Waals surface area (Å²) in [6, 6.07) is 6.32. The van der Waals surface area contributed by atoms with E-state index in [-0.39, 0.29) is 35.1 Å². The van der Waals surface area contributed by atoms with Crippen LogP contribution in [0.4, 0.5) is 0 Å². The number of benzene rings is 1. The van der Waals surface area contributed by atoms with Crippen LogP contribution in [0, 0.1) is 0 Å². The normalized spacial score (nSPS) is 9.47. The SMILES string of the molecule is O=C(O)c1cccc(Cl)c1-c1ncccn1.[NaH]. The summed E-state index contributed by atoms with van der Waals surface area (Å²) < 4.78 is 0. The molecule has 0 bridgehead atoms. The zero-order valence-corrected chi connectivity index (χ0v) is 8.85. The van der Waals surface area contributed by atoms with Crippen molar-refractivity contribution < 1.29 is 9.90 Å². The number of aromatic carboxylic acids is 1. The van der Waals surface area contributed by atoms with Gasteiger partial charge in [0, 0.05) is 12.4 Å². The van der Waals surface area contributed by atoms with E-state index in [0.29, 0.717) is 16.4 Å². The van der Waals surface area contributed by atoms with Crippen molar-refractivity contribution in [2.45, 2.75) is 0 Å². The molecule has 1 aromatic carbocycles. The molecule has 4 nitrogen and oxygen atoms in total. The standard InChI is InChI=1S/C11H7ClN2O2.Na.H/c12-8-4-1-3-7(11(15)16)9(8)10-13-5-2-6-14-10;;/h1-6H,(H,15,16);;. The van der Waals surface area contributed by atoms with Crippen LogP contribution in [0.3, 0.4) is 0 Å². The zero-order valence-electron chi connectivity index (χ0n) is 8.09. The Morgan fingerprint density at radius 2 is 1.82 bits per heavy atom. The van der Waals surface area contributed by atoms with Crippen LogP contribution in [-0.2, 0) is 0 Å². The first-order chi connectivity index (χ1) is 7.70. The maximum atomic E-state index is 11.0. The molecular formula is C11H8ClN2NaO2. The van der Waals surface area contributed by atoms with Gasteiger partial charge in [-0.1, -0.05) is 17.7 Å². The number of carboxylic acid groups (broad SMARTS) is 1. The van der Waals surface area contributed by atoms with Gasteiger partial charge >= 0.3 is 35.5 Å². The first-order valence-corrected chi connectivity index (χ1v) is 4.87. The molecule has 0 fully saturated rings. The quantitative estimate of drug-likeness (QED) is 0.835. The summed E-state index contributed by atoms with van der Waals surface area (Å²) in [6.45, 7) is 0. The molecule has 1 N–H and O–H groups in total. The van der Waals surface area contributed by atoms with Gasteiger partial charge in [0.25, 0.3) is 0 Å². The van der Waals surface area contributed by atoms with Gasteiger partial charge in [-0.3, -0.25) is 0 Å². The van der Waals surface area contributed by atoms with Gasteiger partial charge in [-0.05, 0) is 18.2 Å². The number of hydrogen-bond acceptors (Lipinski definition) is 3. The maximum absolute atomic E-state index is 11.0. The van der Waals surface area contributed by atoms with E-state index in [0.717, 1.165) is 0 Å². The van der Waals surface area contributed by atoms with E-state index >= 15 is 0 Å². The van der Waals surface area contributed by atoms with E-state index in [2.05, 4.69) is 9.97 Å². The molecule has 1 heterocycles. The fourth-order valence-corrected chi connectivity index (χ4v) is 1.62. The fraction of sp³-hybridized carbons (Fsp3) is 0. The third kappa shape index (κ3) is 3.04. The molecule has 0 atom stereocenters. The summed E-state index contributed by atoms with van der Waals surface area (Å²) in [4.78, 5) is 19.0. The van der Waals surface area contributed by atoms with Gasteiger partial charge in [0.05, 0.1) is 16.1 Å². The van der Waals surface area contributed by atoms with E-state index in [4.69, 9.17) is 16.7 Å². The topological polar surface area (TPSA) is 63.1 Å². The zero-order chi connectivity index (χ0) is 11.5. The van der Waals surface area contributed by atoms with E-state index in [9.17, 15) is 4.79 Å². The molecule has 17 heavy (non-hydrogen) atoms. The molecule has 2 aromatic rings. The predicted molar refractivity (Wildman–Crippen MR) is 66.6 cm³/mol. The van der Waals surface area contributed by atoms with Gasteiger partial charge in [-0.2, -0.15) is 0 Å². The van der Waals surface area contributed by atoms with E-state index < -0.39 is 5.97 Å². The van der Waals surface area contributed by atoms with Crippen LogP contribution in [0.1, 0.15) is 10.4 Å². The van der Waals surface area contributed by atoms with Crippen molar-refractivity contribution in [3.05, 3.63) is 47.2 Å². The van der Waals surface area contributed by atoms with Crippen LogP contribution >= 0.6 is 11.6 Å². The molecule has 0 aliphatic carbocycles. The Labute approximate surface area is 125 Å². The van der Waals surface area contributed by atoms with Crippen molar-refractivity contribution in [3.63, 3.8) is 0 Å². The van der Waals surface area contributed by atoms with E-state index in [1.807, 2.05) is 0 Å². The van der Waals surface area contributed by atoms with Crippen molar-refractivity contribution in [3.8, 4) is 11.4 Å². The summed E-state index contributed by atoms with van der Waals surface area (Å²) in [7, 11) is 0. The Morgan fingerprint density at radius 3 is 2.41 bits per heavy atom. The van der Waals surface area contributed by atoms with Crippen LogP contribution in [0.5, 0.6) is 0 Å². The molecule has 0 aliphatic rings. The molecule has 6 heteroatoms. The second-order valence-corrected chi connectivity index (χ2v) is 3.45. The summed E-state index contributed by atoms with van der Waals surface area (Å²) in [5.74, 6) is -0.740. The number of nitrogens with zero attached hydrogens (tertiary/aromatic N) is 2. The third-order valence-electron chi connectivity index (χ3n) is 2.03. The Balaban J connectivity index is 0.00000144. The Kier molecular flexibility index (Phi) is 5.08. The van der Waals surface area contributed by atoms with Crippen molar-refractivity contribution in [2.24, 2.45) is 0 Å². The van der Waals surface area contributed by atoms with E-state index in [1.165, 1.54) is 18.5 Å². The average Bonchev–Trinajstić information content (AvgIpc) is 2.29. The summed E-state index contributed by atoms with van der Waals surface area (Å²) in [5.41, 5.74) is 0.441. The molecular weight excluding hydrogens is 251 g/mol. The minimum atomic E-state index is -1.05. The molecule has 0 unspecified atom stereocenters. The molecule has 0 radical (unpaired) electrons. The summed E-state index contributed by atoms with van der Waals surface area (Å²) in [5, 5.41) is 9.36.